The maximum atomic E-state index is 12.0. The van der Waals surface area contributed by atoms with Gasteiger partial charge in [0.05, 0.1) is 10.9 Å². The number of hydrogen-bond donors (Lipinski definition) is 1. The van der Waals surface area contributed by atoms with Crippen LogP contribution in [0, 0.1) is 0 Å². The van der Waals surface area contributed by atoms with Crippen LogP contribution >= 0.6 is 11.3 Å². The molecular formula is C9H12N2OS2. The van der Waals surface area contributed by atoms with E-state index in [1.165, 1.54) is 22.6 Å². The number of hydrogen-bond acceptors (Lipinski definition) is 4. The molecule has 0 spiro atoms. The fourth-order valence-electron chi connectivity index (χ4n) is 2.41. The Bertz CT molecular complexity index is 402. The van der Waals surface area contributed by atoms with Gasteiger partial charge in [0.2, 0.25) is 0 Å². The molecule has 3 unspecified atom stereocenters. The number of nitrogen functional groups attached to an aromatic ring is 1. The van der Waals surface area contributed by atoms with E-state index in [1.54, 1.807) is 0 Å². The lowest BCUT2D eigenvalue weighted by atomic mass is 10.0. The first-order valence-corrected chi connectivity index (χ1v) is 6.99. The van der Waals surface area contributed by atoms with Crippen molar-refractivity contribution < 1.29 is 4.21 Å². The van der Waals surface area contributed by atoms with Crippen LogP contribution < -0.4 is 5.73 Å². The Morgan fingerprint density at radius 1 is 1.50 bits per heavy atom. The van der Waals surface area contributed by atoms with Gasteiger partial charge in [0, 0.05) is 27.3 Å². The second-order valence-corrected chi connectivity index (χ2v) is 6.89. The van der Waals surface area contributed by atoms with Gasteiger partial charge < -0.3 is 5.73 Å². The van der Waals surface area contributed by atoms with Crippen molar-refractivity contribution in [3.05, 3.63) is 10.6 Å². The monoisotopic (exact) mass is 228 g/mol. The number of fused-ring (bicyclic) bond motifs is 4. The second kappa shape index (κ2) is 3.03. The van der Waals surface area contributed by atoms with Crippen molar-refractivity contribution in [2.24, 2.45) is 0 Å². The second-order valence-electron chi connectivity index (χ2n) is 3.94. The molecule has 5 heteroatoms. The summed E-state index contributed by atoms with van der Waals surface area (Å²) in [4.78, 5) is 5.54. The van der Waals surface area contributed by atoms with Crippen LogP contribution in [0.25, 0.3) is 0 Å². The van der Waals surface area contributed by atoms with Gasteiger partial charge in [-0.3, -0.25) is 4.21 Å². The van der Waals surface area contributed by atoms with Gasteiger partial charge in [-0.2, -0.15) is 0 Å². The van der Waals surface area contributed by atoms with E-state index in [1.807, 2.05) is 0 Å². The maximum Gasteiger partial charge on any atom is 0.180 e. The lowest BCUT2D eigenvalue weighted by Gasteiger charge is -2.32. The quantitative estimate of drug-likeness (QED) is 0.734. The Kier molecular flexibility index (Phi) is 1.92. The molecule has 76 valence electrons. The van der Waals surface area contributed by atoms with Crippen molar-refractivity contribution >= 4 is 27.3 Å². The summed E-state index contributed by atoms with van der Waals surface area (Å²) in [6.45, 7) is 0. The van der Waals surface area contributed by atoms with Gasteiger partial charge in [-0.15, -0.1) is 11.3 Å². The Balaban J connectivity index is 2.12. The van der Waals surface area contributed by atoms with E-state index in [0.29, 0.717) is 10.4 Å². The highest BCUT2D eigenvalue weighted by Crippen LogP contribution is 2.44. The summed E-state index contributed by atoms with van der Waals surface area (Å²) in [6.07, 6.45) is 4.24. The molecule has 0 amide bonds. The van der Waals surface area contributed by atoms with Gasteiger partial charge in [0.15, 0.2) is 5.13 Å². The van der Waals surface area contributed by atoms with E-state index < -0.39 is 10.8 Å². The van der Waals surface area contributed by atoms with Gasteiger partial charge in [-0.25, -0.2) is 4.98 Å². The largest absolute Gasteiger partial charge is 0.375 e. The summed E-state index contributed by atoms with van der Waals surface area (Å²) in [5.74, 6) is 0. The predicted molar refractivity (Wildman–Crippen MR) is 58.8 cm³/mol. The number of thiazole rings is 1. The Morgan fingerprint density at radius 2 is 2.36 bits per heavy atom. The molecule has 3 heterocycles. The highest BCUT2D eigenvalue weighted by atomic mass is 32.2. The Hall–Kier alpha value is -0.420. The first-order valence-electron chi connectivity index (χ1n) is 4.90. The molecule has 3 rings (SSSR count). The molecule has 1 aromatic heterocycles. The van der Waals surface area contributed by atoms with Crippen LogP contribution in [0.5, 0.6) is 0 Å². The van der Waals surface area contributed by atoms with Crippen molar-refractivity contribution in [3.63, 3.8) is 0 Å². The summed E-state index contributed by atoms with van der Waals surface area (Å²) >= 11 is 1.54. The molecule has 14 heavy (non-hydrogen) atoms. The molecule has 1 fully saturated rings. The molecule has 2 aliphatic rings. The first-order chi connectivity index (χ1) is 6.75. The minimum Gasteiger partial charge on any atom is -0.375 e. The van der Waals surface area contributed by atoms with E-state index in [9.17, 15) is 4.21 Å². The molecule has 0 aliphatic carbocycles. The third-order valence-corrected chi connectivity index (χ3v) is 6.34. The van der Waals surface area contributed by atoms with Gasteiger partial charge in [0.25, 0.3) is 0 Å². The van der Waals surface area contributed by atoms with Crippen molar-refractivity contribution in [1.82, 2.24) is 4.98 Å². The summed E-state index contributed by atoms with van der Waals surface area (Å²) in [6, 6.07) is 0. The van der Waals surface area contributed by atoms with Crippen LogP contribution in [-0.4, -0.2) is 14.4 Å². The topological polar surface area (TPSA) is 56.0 Å². The SMILES string of the molecule is Nc1nc2c(s1)C1CCCC(C2)S1=O. The van der Waals surface area contributed by atoms with E-state index >= 15 is 0 Å². The van der Waals surface area contributed by atoms with Crippen molar-refractivity contribution in [1.29, 1.82) is 0 Å². The van der Waals surface area contributed by atoms with Gasteiger partial charge in [0.1, 0.15) is 0 Å². The van der Waals surface area contributed by atoms with Crippen LogP contribution in [0.2, 0.25) is 0 Å². The minimum absolute atomic E-state index is 0.243. The minimum atomic E-state index is -0.669. The molecule has 0 saturated carbocycles. The first kappa shape index (κ1) is 8.85. The fourth-order valence-corrected chi connectivity index (χ4v) is 5.65. The molecule has 2 aliphatic heterocycles. The summed E-state index contributed by atoms with van der Waals surface area (Å²) in [7, 11) is -0.669. The molecule has 3 nitrogen and oxygen atoms in total. The van der Waals surface area contributed by atoms with E-state index in [0.717, 1.165) is 25.0 Å². The summed E-state index contributed by atoms with van der Waals surface area (Å²) < 4.78 is 12.0. The average Bonchev–Trinajstić information content (AvgIpc) is 2.47. The zero-order valence-electron chi connectivity index (χ0n) is 7.73. The van der Waals surface area contributed by atoms with Gasteiger partial charge >= 0.3 is 0 Å². The molecule has 2 bridgehead atoms. The zero-order valence-corrected chi connectivity index (χ0v) is 9.37. The normalized spacial score (nSPS) is 35.3. The molecule has 3 atom stereocenters. The van der Waals surface area contributed by atoms with Crippen molar-refractivity contribution in [2.45, 2.75) is 36.2 Å². The van der Waals surface area contributed by atoms with E-state index in [2.05, 4.69) is 4.98 Å². The van der Waals surface area contributed by atoms with Crippen LogP contribution in [0.15, 0.2) is 0 Å². The third kappa shape index (κ3) is 1.15. The average molecular weight is 228 g/mol. The van der Waals surface area contributed by atoms with Gasteiger partial charge in [-0.05, 0) is 12.8 Å². The smallest absolute Gasteiger partial charge is 0.180 e. The lowest BCUT2D eigenvalue weighted by molar-refractivity contribution is 0.546. The highest BCUT2D eigenvalue weighted by Gasteiger charge is 2.39. The van der Waals surface area contributed by atoms with Crippen molar-refractivity contribution in [2.75, 3.05) is 5.73 Å². The summed E-state index contributed by atoms with van der Waals surface area (Å²) in [5, 5.41) is 1.23. The van der Waals surface area contributed by atoms with Crippen LogP contribution in [0.4, 0.5) is 5.13 Å². The van der Waals surface area contributed by atoms with Gasteiger partial charge in [-0.1, -0.05) is 6.42 Å². The van der Waals surface area contributed by atoms with Crippen LogP contribution in [-0.2, 0) is 17.2 Å². The molecule has 2 N–H and O–H groups in total. The molecule has 0 radical (unpaired) electrons. The molecule has 1 aromatic rings. The third-order valence-electron chi connectivity index (χ3n) is 3.06. The van der Waals surface area contributed by atoms with Crippen LogP contribution in [0.1, 0.15) is 35.1 Å². The standard InChI is InChI=1S/C9H12N2OS2/c10-9-11-6-4-5-2-1-3-7(14(5)12)8(6)13-9/h5,7H,1-4H2,(H2,10,11). The highest BCUT2D eigenvalue weighted by molar-refractivity contribution is 7.86. The van der Waals surface area contributed by atoms with Crippen molar-refractivity contribution in [3.8, 4) is 0 Å². The fraction of sp³-hybridized carbons (Fsp3) is 0.667. The predicted octanol–water partition coefficient (Wildman–Crippen LogP) is 1.62. The summed E-state index contributed by atoms with van der Waals surface area (Å²) in [5.41, 5.74) is 6.82. The van der Waals surface area contributed by atoms with E-state index in [-0.39, 0.29) is 5.25 Å². The Morgan fingerprint density at radius 3 is 3.21 bits per heavy atom. The molecule has 1 saturated heterocycles. The lowest BCUT2D eigenvalue weighted by Crippen LogP contribution is -2.32. The Labute approximate surface area is 89.2 Å². The van der Waals surface area contributed by atoms with E-state index in [4.69, 9.17) is 5.73 Å². The zero-order chi connectivity index (χ0) is 9.71. The number of rotatable bonds is 0. The number of anilines is 1. The maximum absolute atomic E-state index is 12.0. The number of nitrogens with two attached hydrogens (primary N) is 1. The molecule has 0 aromatic carbocycles. The van der Waals surface area contributed by atoms with Crippen LogP contribution in [0.3, 0.4) is 0 Å². The number of aromatic nitrogens is 1. The number of nitrogens with zero attached hydrogens (tertiary/aromatic N) is 1. The molecular weight excluding hydrogens is 216 g/mol.